The van der Waals surface area contributed by atoms with Crippen molar-refractivity contribution in [3.05, 3.63) is 0 Å². The van der Waals surface area contributed by atoms with Crippen molar-refractivity contribution in [3.63, 3.8) is 0 Å². The molecule has 0 saturated carbocycles. The van der Waals surface area contributed by atoms with E-state index in [0.29, 0.717) is 11.6 Å². The van der Waals surface area contributed by atoms with E-state index in [9.17, 15) is 0 Å². The summed E-state index contributed by atoms with van der Waals surface area (Å²) in [6.45, 7) is 8.76. The van der Waals surface area contributed by atoms with Crippen LogP contribution in [0.25, 0.3) is 0 Å². The Morgan fingerprint density at radius 3 is 2.64 bits per heavy atom. The maximum absolute atomic E-state index is 5.54. The molecule has 1 unspecified atom stereocenters. The lowest BCUT2D eigenvalue weighted by atomic mass is 9.91. The Hall–Kier alpha value is -0.0800. The molecule has 1 aliphatic rings. The van der Waals surface area contributed by atoms with Crippen LogP contribution in [0.3, 0.4) is 0 Å². The second-order valence-electron chi connectivity index (χ2n) is 4.43. The molecule has 0 radical (unpaired) electrons. The molecule has 0 aromatic rings. The zero-order valence-corrected chi connectivity index (χ0v) is 7.81. The van der Waals surface area contributed by atoms with Gasteiger partial charge >= 0.3 is 0 Å². The summed E-state index contributed by atoms with van der Waals surface area (Å²) in [5.41, 5.74) is 0.370. The largest absolute Gasteiger partial charge is 0.363 e. The summed E-state index contributed by atoms with van der Waals surface area (Å²) in [7, 11) is 0. The minimum Gasteiger partial charge on any atom is -0.363 e. The minimum atomic E-state index is 0.295. The minimum absolute atomic E-state index is 0.295. The van der Waals surface area contributed by atoms with Gasteiger partial charge in [0.05, 0.1) is 0 Å². The van der Waals surface area contributed by atoms with E-state index in [1.165, 1.54) is 0 Å². The molecule has 66 valence electrons. The summed E-state index contributed by atoms with van der Waals surface area (Å²) in [6.07, 6.45) is 2.55. The monoisotopic (exact) mass is 157 g/mol. The van der Waals surface area contributed by atoms with Gasteiger partial charge in [-0.3, -0.25) is 5.32 Å². The maximum Gasteiger partial charge on any atom is 0.108 e. The van der Waals surface area contributed by atoms with Crippen molar-refractivity contribution < 1.29 is 4.74 Å². The Bertz CT molecular complexity index is 111. The van der Waals surface area contributed by atoms with Gasteiger partial charge in [-0.2, -0.15) is 0 Å². The number of hydrogen-bond acceptors (Lipinski definition) is 2. The molecule has 0 amide bonds. The van der Waals surface area contributed by atoms with Crippen LogP contribution < -0.4 is 5.32 Å². The van der Waals surface area contributed by atoms with Crippen molar-refractivity contribution >= 4 is 0 Å². The molecule has 2 nitrogen and oxygen atoms in total. The molecular weight excluding hydrogens is 138 g/mol. The molecule has 2 heteroatoms. The standard InChI is InChI=1S/C9H19NO/c1-9(2,3)7-8-10-5-4-6-11-8/h8,10H,4-7H2,1-3H3. The first-order chi connectivity index (χ1) is 5.08. The number of rotatable bonds is 1. The van der Waals surface area contributed by atoms with Crippen molar-refractivity contribution in [3.8, 4) is 0 Å². The SMILES string of the molecule is CC(C)(C)CC1NCCCO1. The highest BCUT2D eigenvalue weighted by atomic mass is 16.5. The van der Waals surface area contributed by atoms with Gasteiger partial charge in [-0.05, 0) is 24.8 Å². The molecule has 0 aromatic heterocycles. The van der Waals surface area contributed by atoms with Gasteiger partial charge in [0.2, 0.25) is 0 Å². The third-order valence-corrected chi connectivity index (χ3v) is 1.81. The highest BCUT2D eigenvalue weighted by molar-refractivity contribution is 4.70. The molecule has 1 fully saturated rings. The molecular formula is C9H19NO. The quantitative estimate of drug-likeness (QED) is 0.626. The summed E-state index contributed by atoms with van der Waals surface area (Å²) in [5.74, 6) is 0. The highest BCUT2D eigenvalue weighted by Crippen LogP contribution is 2.22. The third-order valence-electron chi connectivity index (χ3n) is 1.81. The van der Waals surface area contributed by atoms with Gasteiger partial charge in [-0.25, -0.2) is 0 Å². The first-order valence-electron chi connectivity index (χ1n) is 4.43. The molecule has 11 heavy (non-hydrogen) atoms. The van der Waals surface area contributed by atoms with Gasteiger partial charge in [-0.1, -0.05) is 20.8 Å². The van der Waals surface area contributed by atoms with E-state index in [1.807, 2.05) is 0 Å². The normalized spacial score (nSPS) is 27.0. The van der Waals surface area contributed by atoms with Gasteiger partial charge in [0, 0.05) is 6.61 Å². The second kappa shape index (κ2) is 3.55. The maximum atomic E-state index is 5.54. The van der Waals surface area contributed by atoms with Crippen molar-refractivity contribution in [2.24, 2.45) is 5.41 Å². The van der Waals surface area contributed by atoms with Crippen molar-refractivity contribution in [1.29, 1.82) is 0 Å². The zero-order chi connectivity index (χ0) is 8.32. The van der Waals surface area contributed by atoms with Crippen molar-refractivity contribution in [1.82, 2.24) is 5.32 Å². The van der Waals surface area contributed by atoms with Crippen LogP contribution in [0.1, 0.15) is 33.6 Å². The number of nitrogens with one attached hydrogen (secondary N) is 1. The van der Waals surface area contributed by atoms with Crippen molar-refractivity contribution in [2.75, 3.05) is 13.2 Å². The summed E-state index contributed by atoms with van der Waals surface area (Å²) in [4.78, 5) is 0. The Morgan fingerprint density at radius 2 is 2.18 bits per heavy atom. The molecule has 1 heterocycles. The van der Waals surface area contributed by atoms with Crippen LogP contribution in [0.15, 0.2) is 0 Å². The molecule has 1 rings (SSSR count). The first-order valence-corrected chi connectivity index (χ1v) is 4.43. The lowest BCUT2D eigenvalue weighted by molar-refractivity contribution is -0.0214. The number of hydrogen-bond donors (Lipinski definition) is 1. The van der Waals surface area contributed by atoms with Gasteiger partial charge in [0.25, 0.3) is 0 Å². The first kappa shape index (κ1) is 9.01. The molecule has 0 bridgehead atoms. The van der Waals surface area contributed by atoms with Gasteiger partial charge in [-0.15, -0.1) is 0 Å². The zero-order valence-electron chi connectivity index (χ0n) is 7.81. The number of ether oxygens (including phenoxy) is 1. The van der Waals surface area contributed by atoms with E-state index in [1.54, 1.807) is 0 Å². The predicted octanol–water partition coefficient (Wildman–Crippen LogP) is 1.76. The lowest BCUT2D eigenvalue weighted by Crippen LogP contribution is -2.40. The average Bonchev–Trinajstić information content (AvgIpc) is 1.85. The van der Waals surface area contributed by atoms with Crippen LogP contribution in [0, 0.1) is 5.41 Å². The molecule has 0 spiro atoms. The topological polar surface area (TPSA) is 21.3 Å². The fourth-order valence-corrected chi connectivity index (χ4v) is 1.31. The fraction of sp³-hybridized carbons (Fsp3) is 1.00. The van der Waals surface area contributed by atoms with E-state index in [2.05, 4.69) is 26.1 Å². The van der Waals surface area contributed by atoms with Crippen LogP contribution in [0.4, 0.5) is 0 Å². The van der Waals surface area contributed by atoms with Crippen LogP contribution in [-0.4, -0.2) is 19.4 Å². The van der Waals surface area contributed by atoms with Gasteiger partial charge in [0.15, 0.2) is 0 Å². The Balaban J connectivity index is 2.24. The van der Waals surface area contributed by atoms with E-state index in [0.717, 1.165) is 26.0 Å². The summed E-state index contributed by atoms with van der Waals surface area (Å²) in [5, 5.41) is 3.35. The molecule has 0 aliphatic carbocycles. The average molecular weight is 157 g/mol. The Kier molecular flexibility index (Phi) is 2.90. The molecule has 1 saturated heterocycles. The molecule has 1 aliphatic heterocycles. The van der Waals surface area contributed by atoms with Crippen LogP contribution in [0.2, 0.25) is 0 Å². The molecule has 0 aromatic carbocycles. The fourth-order valence-electron chi connectivity index (χ4n) is 1.31. The second-order valence-corrected chi connectivity index (χ2v) is 4.43. The molecule has 1 N–H and O–H groups in total. The molecule has 1 atom stereocenters. The lowest BCUT2D eigenvalue weighted by Gasteiger charge is -2.29. The van der Waals surface area contributed by atoms with E-state index >= 15 is 0 Å². The highest BCUT2D eigenvalue weighted by Gasteiger charge is 2.20. The summed E-state index contributed by atoms with van der Waals surface area (Å²) in [6, 6.07) is 0. The van der Waals surface area contributed by atoms with Gasteiger partial charge in [0.1, 0.15) is 6.23 Å². The van der Waals surface area contributed by atoms with E-state index in [-0.39, 0.29) is 0 Å². The third kappa shape index (κ3) is 3.73. The smallest absolute Gasteiger partial charge is 0.108 e. The van der Waals surface area contributed by atoms with Gasteiger partial charge < -0.3 is 4.74 Å². The van der Waals surface area contributed by atoms with Crippen molar-refractivity contribution in [2.45, 2.75) is 39.8 Å². The summed E-state index contributed by atoms with van der Waals surface area (Å²) >= 11 is 0. The van der Waals surface area contributed by atoms with Crippen LogP contribution >= 0.6 is 0 Å². The Labute approximate surface area is 69.3 Å². The summed E-state index contributed by atoms with van der Waals surface area (Å²) < 4.78 is 5.54. The van der Waals surface area contributed by atoms with Crippen LogP contribution in [0.5, 0.6) is 0 Å². The Morgan fingerprint density at radius 1 is 1.45 bits per heavy atom. The van der Waals surface area contributed by atoms with Crippen LogP contribution in [-0.2, 0) is 4.74 Å². The predicted molar refractivity (Wildman–Crippen MR) is 46.4 cm³/mol. The van der Waals surface area contributed by atoms with E-state index < -0.39 is 0 Å². The van der Waals surface area contributed by atoms with E-state index in [4.69, 9.17) is 4.74 Å².